The molecule has 1 fully saturated rings. The number of ether oxygens (including phenoxy) is 1. The number of rotatable bonds is 7. The highest BCUT2D eigenvalue weighted by Gasteiger charge is 2.33. The summed E-state index contributed by atoms with van der Waals surface area (Å²) in [6, 6.07) is 9.79. The Labute approximate surface area is 151 Å². The molecule has 1 heterocycles. The molecule has 0 unspecified atom stereocenters. The molecule has 0 aromatic heterocycles. The predicted molar refractivity (Wildman–Crippen MR) is 101 cm³/mol. The van der Waals surface area contributed by atoms with Crippen molar-refractivity contribution in [1.29, 1.82) is 0 Å². The van der Waals surface area contributed by atoms with E-state index in [4.69, 9.17) is 17.0 Å². The van der Waals surface area contributed by atoms with Crippen LogP contribution in [0.25, 0.3) is 6.08 Å². The Balaban J connectivity index is 1.94. The quantitative estimate of drug-likeness (QED) is 0.320. The largest absolute Gasteiger partial charge is 0.464 e. The number of hydrogen-bond acceptors (Lipinski definition) is 5. The number of allylic oxidation sites excluding steroid dienone is 2. The Kier molecular flexibility index (Phi) is 7.21. The molecular formula is C18H19NO3S2. The summed E-state index contributed by atoms with van der Waals surface area (Å²) in [7, 11) is 0. The molecule has 1 aliphatic rings. The van der Waals surface area contributed by atoms with Crippen LogP contribution in [0.5, 0.6) is 0 Å². The van der Waals surface area contributed by atoms with Gasteiger partial charge in [-0.1, -0.05) is 79.8 Å². The summed E-state index contributed by atoms with van der Waals surface area (Å²) in [5, 5.41) is 0. The van der Waals surface area contributed by atoms with Crippen molar-refractivity contribution in [3.63, 3.8) is 0 Å². The number of thioether (sulfide) groups is 1. The molecule has 0 saturated carbocycles. The summed E-state index contributed by atoms with van der Waals surface area (Å²) in [6.45, 7) is 2.26. The minimum Gasteiger partial charge on any atom is -0.464 e. The van der Waals surface area contributed by atoms with E-state index in [1.165, 1.54) is 16.7 Å². The lowest BCUT2D eigenvalue weighted by molar-refractivity contribution is -0.146. The summed E-state index contributed by atoms with van der Waals surface area (Å²) < 4.78 is 5.46. The van der Waals surface area contributed by atoms with Crippen molar-refractivity contribution in [1.82, 2.24) is 4.90 Å². The fraction of sp³-hybridized carbons (Fsp3) is 0.278. The third kappa shape index (κ3) is 5.32. The maximum Gasteiger partial charge on any atom is 0.326 e. The zero-order chi connectivity index (χ0) is 17.4. The zero-order valence-electron chi connectivity index (χ0n) is 13.4. The first-order valence-electron chi connectivity index (χ1n) is 7.74. The molecule has 1 aromatic carbocycles. The molecule has 1 aliphatic heterocycles. The van der Waals surface area contributed by atoms with Gasteiger partial charge < -0.3 is 4.74 Å². The molecule has 6 heteroatoms. The van der Waals surface area contributed by atoms with Gasteiger partial charge in [0.15, 0.2) is 0 Å². The van der Waals surface area contributed by atoms with Crippen LogP contribution in [0.4, 0.5) is 0 Å². The topological polar surface area (TPSA) is 46.6 Å². The second-order valence-electron chi connectivity index (χ2n) is 5.13. The van der Waals surface area contributed by atoms with E-state index >= 15 is 0 Å². The molecule has 126 valence electrons. The van der Waals surface area contributed by atoms with Crippen LogP contribution in [-0.2, 0) is 14.3 Å². The molecule has 0 atom stereocenters. The van der Waals surface area contributed by atoms with Crippen molar-refractivity contribution >= 4 is 46.3 Å². The number of esters is 1. The number of carbonyl (C=O) groups is 2. The van der Waals surface area contributed by atoms with E-state index in [-0.39, 0.29) is 12.5 Å². The third-order valence-corrected chi connectivity index (χ3v) is 4.65. The van der Waals surface area contributed by atoms with Gasteiger partial charge in [0.2, 0.25) is 0 Å². The first-order valence-corrected chi connectivity index (χ1v) is 8.97. The minimum atomic E-state index is -0.430. The van der Waals surface area contributed by atoms with Crippen molar-refractivity contribution < 1.29 is 14.3 Å². The number of thiocarbonyl (C=S) groups is 1. The Morgan fingerprint density at radius 1 is 1.33 bits per heavy atom. The lowest BCUT2D eigenvalue weighted by Gasteiger charge is -2.13. The maximum absolute atomic E-state index is 12.3. The minimum absolute atomic E-state index is 0.131. The van der Waals surface area contributed by atoms with E-state index in [1.54, 1.807) is 12.2 Å². The lowest BCUT2D eigenvalue weighted by Crippen LogP contribution is -2.34. The molecule has 1 amide bonds. The van der Waals surface area contributed by atoms with E-state index < -0.39 is 5.97 Å². The van der Waals surface area contributed by atoms with Crippen molar-refractivity contribution in [2.75, 3.05) is 13.2 Å². The van der Waals surface area contributed by atoms with Crippen LogP contribution in [0.15, 0.2) is 47.4 Å². The fourth-order valence-electron chi connectivity index (χ4n) is 1.97. The molecule has 24 heavy (non-hydrogen) atoms. The second-order valence-corrected chi connectivity index (χ2v) is 6.81. The number of hydrogen-bond donors (Lipinski definition) is 0. The molecule has 0 bridgehead atoms. The number of amides is 1. The summed E-state index contributed by atoms with van der Waals surface area (Å²) in [4.78, 5) is 25.9. The Morgan fingerprint density at radius 3 is 2.79 bits per heavy atom. The molecule has 0 aliphatic carbocycles. The summed E-state index contributed by atoms with van der Waals surface area (Å²) >= 11 is 6.38. The van der Waals surface area contributed by atoms with Crippen molar-refractivity contribution in [2.24, 2.45) is 0 Å². The maximum atomic E-state index is 12.3. The summed E-state index contributed by atoms with van der Waals surface area (Å²) in [5.74, 6) is -0.684. The van der Waals surface area contributed by atoms with Crippen LogP contribution < -0.4 is 0 Å². The van der Waals surface area contributed by atoms with Gasteiger partial charge in [-0.25, -0.2) is 0 Å². The van der Waals surface area contributed by atoms with Crippen LogP contribution >= 0.6 is 24.0 Å². The van der Waals surface area contributed by atoms with Crippen molar-refractivity contribution in [2.45, 2.75) is 19.8 Å². The predicted octanol–water partition coefficient (Wildman–Crippen LogP) is 3.79. The molecule has 2 rings (SSSR count). The van der Waals surface area contributed by atoms with Gasteiger partial charge in [-0.15, -0.1) is 0 Å². The van der Waals surface area contributed by atoms with Gasteiger partial charge in [0.25, 0.3) is 5.91 Å². The second kappa shape index (κ2) is 9.39. The van der Waals surface area contributed by atoms with Crippen LogP contribution in [0.3, 0.4) is 0 Å². The highest BCUT2D eigenvalue weighted by molar-refractivity contribution is 8.26. The Morgan fingerprint density at radius 2 is 2.08 bits per heavy atom. The highest BCUT2D eigenvalue weighted by atomic mass is 32.2. The lowest BCUT2D eigenvalue weighted by atomic mass is 10.2. The summed E-state index contributed by atoms with van der Waals surface area (Å²) in [6.07, 6.45) is 7.20. The van der Waals surface area contributed by atoms with Gasteiger partial charge in [-0.3, -0.25) is 14.5 Å². The molecule has 0 spiro atoms. The van der Waals surface area contributed by atoms with Gasteiger partial charge in [0.1, 0.15) is 10.9 Å². The smallest absolute Gasteiger partial charge is 0.326 e. The number of benzene rings is 1. The van der Waals surface area contributed by atoms with Gasteiger partial charge in [0, 0.05) is 0 Å². The van der Waals surface area contributed by atoms with Gasteiger partial charge >= 0.3 is 5.97 Å². The third-order valence-electron chi connectivity index (χ3n) is 3.26. The Bertz CT molecular complexity index is 668. The number of carbonyl (C=O) groups excluding carboxylic acids is 2. The van der Waals surface area contributed by atoms with E-state index in [1.807, 2.05) is 43.3 Å². The molecule has 4 nitrogen and oxygen atoms in total. The van der Waals surface area contributed by atoms with E-state index in [9.17, 15) is 9.59 Å². The number of nitrogens with zero attached hydrogens (tertiary/aromatic N) is 1. The van der Waals surface area contributed by atoms with Gasteiger partial charge in [-0.05, 0) is 18.1 Å². The van der Waals surface area contributed by atoms with Crippen LogP contribution in [0.2, 0.25) is 0 Å². The zero-order valence-corrected chi connectivity index (χ0v) is 15.1. The molecular weight excluding hydrogens is 342 g/mol. The summed E-state index contributed by atoms with van der Waals surface area (Å²) in [5.41, 5.74) is 1.05. The Hall–Kier alpha value is -1.92. The first kappa shape index (κ1) is 18.4. The van der Waals surface area contributed by atoms with Gasteiger partial charge in [0.05, 0.1) is 11.5 Å². The molecule has 1 saturated heterocycles. The first-order chi connectivity index (χ1) is 11.6. The van der Waals surface area contributed by atoms with E-state index in [0.717, 1.165) is 18.4 Å². The van der Waals surface area contributed by atoms with Gasteiger partial charge in [-0.2, -0.15) is 0 Å². The standard InChI is InChI=1S/C18H19NO3S2/c1-2-3-12-22-16(20)13-19-17(21)15(24-18(19)23)11-7-10-14-8-5-4-6-9-14/h4-11H,2-3,12-13H2,1H3. The SMILES string of the molecule is CCCCOC(=O)CN1C(=O)C(=CC=Cc2ccccc2)SC1=S. The highest BCUT2D eigenvalue weighted by Crippen LogP contribution is 2.30. The molecule has 0 radical (unpaired) electrons. The van der Waals surface area contributed by atoms with Crippen molar-refractivity contribution in [3.8, 4) is 0 Å². The van der Waals surface area contributed by atoms with Crippen LogP contribution in [0.1, 0.15) is 25.3 Å². The van der Waals surface area contributed by atoms with Crippen LogP contribution in [-0.4, -0.2) is 34.2 Å². The number of unbranched alkanes of at least 4 members (excludes halogenated alkanes) is 1. The fourth-order valence-corrected chi connectivity index (χ4v) is 3.17. The average Bonchev–Trinajstić information content (AvgIpc) is 2.84. The monoisotopic (exact) mass is 361 g/mol. The average molecular weight is 361 g/mol. The molecule has 0 N–H and O–H groups in total. The molecule has 1 aromatic rings. The van der Waals surface area contributed by atoms with Crippen molar-refractivity contribution in [3.05, 3.63) is 53.0 Å². The van der Waals surface area contributed by atoms with E-state index in [2.05, 4.69) is 0 Å². The normalized spacial score (nSPS) is 16.4. The van der Waals surface area contributed by atoms with Crippen LogP contribution in [0, 0.1) is 0 Å². The van der Waals surface area contributed by atoms with E-state index in [0.29, 0.717) is 15.8 Å².